The lowest BCUT2D eigenvalue weighted by Crippen LogP contribution is -2.47. The van der Waals surface area contributed by atoms with Gasteiger partial charge in [-0.25, -0.2) is 0 Å². The van der Waals surface area contributed by atoms with Crippen LogP contribution in [0.4, 0.5) is 5.69 Å². The molecule has 2 atom stereocenters. The van der Waals surface area contributed by atoms with Crippen molar-refractivity contribution < 1.29 is 9.53 Å². The predicted octanol–water partition coefficient (Wildman–Crippen LogP) is 4.94. The van der Waals surface area contributed by atoms with E-state index in [1.165, 1.54) is 0 Å². The number of amides is 1. The minimum Gasteiger partial charge on any atom is -0.455 e. The number of carbonyl (C=O) groups is 1. The fourth-order valence-corrected chi connectivity index (χ4v) is 3.42. The third-order valence-corrected chi connectivity index (χ3v) is 4.82. The molecule has 1 heterocycles. The van der Waals surface area contributed by atoms with E-state index in [1.54, 1.807) is 6.92 Å². The fraction of sp³-hybridized carbons (Fsp3) is 0.350. The van der Waals surface area contributed by atoms with Gasteiger partial charge in [0.2, 0.25) is 5.91 Å². The zero-order valence-electron chi connectivity index (χ0n) is 14.5. The van der Waals surface area contributed by atoms with Gasteiger partial charge in [-0.1, -0.05) is 23.7 Å². The maximum Gasteiger partial charge on any atom is 0.219 e. The molecule has 3 rings (SSSR count). The lowest BCUT2D eigenvalue weighted by atomic mass is 9.98. The lowest BCUT2D eigenvalue weighted by molar-refractivity contribution is -0.132. The summed E-state index contributed by atoms with van der Waals surface area (Å²) >= 11 is 5.93. The summed E-state index contributed by atoms with van der Waals surface area (Å²) in [7, 11) is 0. The van der Waals surface area contributed by atoms with Crippen LogP contribution in [-0.4, -0.2) is 29.4 Å². The molecule has 0 aromatic heterocycles. The van der Waals surface area contributed by atoms with Crippen LogP contribution in [0.5, 0.6) is 11.5 Å². The molecule has 2 aromatic rings. The largest absolute Gasteiger partial charge is 0.455 e. The van der Waals surface area contributed by atoms with Gasteiger partial charge in [-0.2, -0.15) is 0 Å². The van der Waals surface area contributed by atoms with Crippen LogP contribution in [0.25, 0.3) is 0 Å². The van der Waals surface area contributed by atoms with Crippen molar-refractivity contribution >= 4 is 23.2 Å². The molecule has 25 heavy (non-hydrogen) atoms. The Bertz CT molecular complexity index is 733. The normalized spacial score (nSPS) is 20.2. The summed E-state index contributed by atoms with van der Waals surface area (Å²) < 4.78 is 6.01. The van der Waals surface area contributed by atoms with Gasteiger partial charge in [0.15, 0.2) is 5.75 Å². The molecule has 0 saturated carbocycles. The molecule has 5 heteroatoms. The van der Waals surface area contributed by atoms with E-state index < -0.39 is 0 Å². The number of halogens is 1. The fourth-order valence-electron chi connectivity index (χ4n) is 3.30. The Kier molecular flexibility index (Phi) is 5.49. The molecule has 0 spiro atoms. The molecular weight excluding hydrogens is 336 g/mol. The minimum absolute atomic E-state index is 0.150. The van der Waals surface area contributed by atoms with E-state index in [-0.39, 0.29) is 11.9 Å². The molecule has 1 N–H and O–H groups in total. The van der Waals surface area contributed by atoms with Crippen molar-refractivity contribution in [3.05, 3.63) is 53.6 Å². The van der Waals surface area contributed by atoms with Crippen molar-refractivity contribution in [2.24, 2.45) is 0 Å². The van der Waals surface area contributed by atoms with E-state index in [1.807, 2.05) is 53.4 Å². The Labute approximate surface area is 153 Å². The van der Waals surface area contributed by atoms with E-state index in [0.717, 1.165) is 36.6 Å². The molecule has 1 saturated heterocycles. The Morgan fingerprint density at radius 1 is 1.20 bits per heavy atom. The van der Waals surface area contributed by atoms with Crippen LogP contribution in [-0.2, 0) is 4.79 Å². The summed E-state index contributed by atoms with van der Waals surface area (Å²) in [6.07, 6.45) is 1.86. The van der Waals surface area contributed by atoms with Gasteiger partial charge in [0.25, 0.3) is 0 Å². The number of carbonyl (C=O) groups excluding carboxylic acids is 1. The van der Waals surface area contributed by atoms with Crippen molar-refractivity contribution in [3.63, 3.8) is 0 Å². The van der Waals surface area contributed by atoms with Crippen LogP contribution in [0.2, 0.25) is 5.02 Å². The molecule has 0 aliphatic carbocycles. The highest BCUT2D eigenvalue weighted by Gasteiger charge is 2.27. The van der Waals surface area contributed by atoms with E-state index in [0.29, 0.717) is 11.1 Å². The first-order valence-electron chi connectivity index (χ1n) is 8.59. The monoisotopic (exact) mass is 358 g/mol. The molecule has 132 valence electrons. The first-order valence-corrected chi connectivity index (χ1v) is 8.97. The van der Waals surface area contributed by atoms with Crippen LogP contribution in [0.1, 0.15) is 26.7 Å². The number of ether oxygens (including phenoxy) is 1. The average molecular weight is 359 g/mol. The Hall–Kier alpha value is -2.20. The molecule has 0 radical (unpaired) electrons. The maximum absolute atomic E-state index is 11.6. The Morgan fingerprint density at radius 2 is 1.92 bits per heavy atom. The molecule has 1 amide bonds. The number of benzene rings is 2. The molecule has 4 nitrogen and oxygen atoms in total. The molecule has 2 unspecified atom stereocenters. The Balaban J connectivity index is 1.69. The second-order valence-corrected chi connectivity index (χ2v) is 6.92. The summed E-state index contributed by atoms with van der Waals surface area (Å²) in [5, 5.41) is 4.27. The van der Waals surface area contributed by atoms with E-state index in [9.17, 15) is 4.79 Å². The molecule has 2 aromatic carbocycles. The summed E-state index contributed by atoms with van der Waals surface area (Å²) in [4.78, 5) is 13.6. The van der Waals surface area contributed by atoms with E-state index >= 15 is 0 Å². The zero-order valence-corrected chi connectivity index (χ0v) is 15.3. The first kappa shape index (κ1) is 17.6. The number of para-hydroxylation sites is 2. The number of piperidine rings is 1. The number of anilines is 1. The van der Waals surface area contributed by atoms with Crippen LogP contribution in [0, 0.1) is 0 Å². The topological polar surface area (TPSA) is 41.6 Å². The number of hydrogen-bond acceptors (Lipinski definition) is 3. The van der Waals surface area contributed by atoms with Crippen LogP contribution in [0.15, 0.2) is 48.5 Å². The number of rotatable bonds is 4. The van der Waals surface area contributed by atoms with Gasteiger partial charge >= 0.3 is 0 Å². The summed E-state index contributed by atoms with van der Waals surface area (Å²) in [5.41, 5.74) is 0.964. The highest BCUT2D eigenvalue weighted by atomic mass is 35.5. The highest BCUT2D eigenvalue weighted by Crippen LogP contribution is 2.32. The van der Waals surface area contributed by atoms with Gasteiger partial charge in [0.05, 0.1) is 5.69 Å². The molecule has 1 aliphatic heterocycles. The van der Waals surface area contributed by atoms with Gasteiger partial charge in [-0.3, -0.25) is 4.79 Å². The number of hydrogen-bond donors (Lipinski definition) is 1. The average Bonchev–Trinajstić information content (AvgIpc) is 2.58. The molecule has 1 aliphatic rings. The second-order valence-electron chi connectivity index (χ2n) is 6.48. The number of likely N-dealkylation sites (tertiary alicyclic amines) is 1. The van der Waals surface area contributed by atoms with Crippen molar-refractivity contribution in [1.82, 2.24) is 4.90 Å². The molecular formula is C20H23ClN2O2. The van der Waals surface area contributed by atoms with Crippen LogP contribution < -0.4 is 10.1 Å². The summed E-state index contributed by atoms with van der Waals surface area (Å²) in [6.45, 7) is 4.53. The van der Waals surface area contributed by atoms with E-state index in [2.05, 4.69) is 12.2 Å². The van der Waals surface area contributed by atoms with Gasteiger partial charge in [-0.05, 0) is 56.2 Å². The predicted molar refractivity (Wildman–Crippen MR) is 101 cm³/mol. The number of nitrogens with one attached hydrogen (secondary N) is 1. The molecule has 1 fully saturated rings. The van der Waals surface area contributed by atoms with Gasteiger partial charge in [0.1, 0.15) is 5.75 Å². The standard InChI is InChI=1S/C20H23ClN2O2/c1-14-13-17(11-12-23(14)15(2)24)22-19-5-3-4-6-20(19)25-18-9-7-16(21)8-10-18/h3-10,14,17,22H,11-13H2,1-2H3. The van der Waals surface area contributed by atoms with Crippen molar-refractivity contribution in [3.8, 4) is 11.5 Å². The van der Waals surface area contributed by atoms with Gasteiger partial charge < -0.3 is 15.0 Å². The van der Waals surface area contributed by atoms with Gasteiger partial charge in [-0.15, -0.1) is 0 Å². The highest BCUT2D eigenvalue weighted by molar-refractivity contribution is 6.30. The number of nitrogens with zero attached hydrogens (tertiary/aromatic N) is 1. The van der Waals surface area contributed by atoms with Crippen molar-refractivity contribution in [2.75, 3.05) is 11.9 Å². The van der Waals surface area contributed by atoms with Gasteiger partial charge in [0, 0.05) is 30.6 Å². The smallest absolute Gasteiger partial charge is 0.219 e. The second kappa shape index (κ2) is 7.79. The van der Waals surface area contributed by atoms with Crippen LogP contribution in [0.3, 0.4) is 0 Å². The quantitative estimate of drug-likeness (QED) is 0.841. The zero-order chi connectivity index (χ0) is 17.8. The third kappa shape index (κ3) is 4.45. The molecule has 0 bridgehead atoms. The van der Waals surface area contributed by atoms with Crippen molar-refractivity contribution in [1.29, 1.82) is 0 Å². The lowest BCUT2D eigenvalue weighted by Gasteiger charge is -2.38. The van der Waals surface area contributed by atoms with E-state index in [4.69, 9.17) is 16.3 Å². The maximum atomic E-state index is 11.6. The SMILES string of the molecule is CC(=O)N1CCC(Nc2ccccc2Oc2ccc(Cl)cc2)CC1C. The van der Waals surface area contributed by atoms with Crippen molar-refractivity contribution in [2.45, 2.75) is 38.8 Å². The summed E-state index contributed by atoms with van der Waals surface area (Å²) in [6, 6.07) is 15.8. The third-order valence-electron chi connectivity index (χ3n) is 4.57. The Morgan fingerprint density at radius 3 is 2.60 bits per heavy atom. The first-order chi connectivity index (χ1) is 12.0. The summed E-state index contributed by atoms with van der Waals surface area (Å²) in [5.74, 6) is 1.68. The van der Waals surface area contributed by atoms with Crippen LogP contribution >= 0.6 is 11.6 Å². The minimum atomic E-state index is 0.150.